The summed E-state index contributed by atoms with van der Waals surface area (Å²) in [4.78, 5) is 37.4. The van der Waals surface area contributed by atoms with Gasteiger partial charge in [-0.25, -0.2) is 0 Å². The standard InChI is InChI=1S/C21H23N3O5/c25-19(15-24-12-6-11-20(24)26)22-23-21(27)17-9-4-5-10-18(17)29-14-13-28-16-7-2-1-3-8-16/h1-5,7-10H,6,11-15H2,(H,22,25)(H,23,27). The van der Waals surface area contributed by atoms with E-state index in [0.717, 1.165) is 12.2 Å². The van der Waals surface area contributed by atoms with Crippen molar-refractivity contribution in [1.82, 2.24) is 15.8 Å². The number of hydrazine groups is 1. The number of para-hydroxylation sites is 2. The molecule has 2 aromatic carbocycles. The Balaban J connectivity index is 1.46. The lowest BCUT2D eigenvalue weighted by Gasteiger charge is -2.16. The van der Waals surface area contributed by atoms with Crippen molar-refractivity contribution in [3.05, 3.63) is 60.2 Å². The van der Waals surface area contributed by atoms with E-state index < -0.39 is 11.8 Å². The molecule has 3 rings (SSSR count). The van der Waals surface area contributed by atoms with Crippen molar-refractivity contribution in [3.8, 4) is 11.5 Å². The number of nitrogens with zero attached hydrogens (tertiary/aromatic N) is 1. The molecule has 0 unspecified atom stereocenters. The van der Waals surface area contributed by atoms with Gasteiger partial charge in [-0.1, -0.05) is 30.3 Å². The van der Waals surface area contributed by atoms with Crippen LogP contribution >= 0.6 is 0 Å². The smallest absolute Gasteiger partial charge is 0.273 e. The molecule has 29 heavy (non-hydrogen) atoms. The molecule has 0 radical (unpaired) electrons. The van der Waals surface area contributed by atoms with Gasteiger partial charge in [-0.15, -0.1) is 0 Å². The summed E-state index contributed by atoms with van der Waals surface area (Å²) in [6.07, 6.45) is 1.20. The summed E-state index contributed by atoms with van der Waals surface area (Å²) in [5.74, 6) is 0.101. The maximum Gasteiger partial charge on any atom is 0.273 e. The van der Waals surface area contributed by atoms with E-state index in [9.17, 15) is 14.4 Å². The van der Waals surface area contributed by atoms with E-state index in [0.29, 0.717) is 25.3 Å². The molecule has 1 aliphatic heterocycles. The first-order valence-corrected chi connectivity index (χ1v) is 9.40. The van der Waals surface area contributed by atoms with Crippen molar-refractivity contribution >= 4 is 17.7 Å². The zero-order valence-corrected chi connectivity index (χ0v) is 15.9. The molecule has 1 saturated heterocycles. The number of nitrogens with one attached hydrogen (secondary N) is 2. The van der Waals surface area contributed by atoms with E-state index >= 15 is 0 Å². The van der Waals surface area contributed by atoms with Gasteiger partial charge < -0.3 is 14.4 Å². The number of hydrogen-bond acceptors (Lipinski definition) is 5. The first-order chi connectivity index (χ1) is 14.1. The van der Waals surface area contributed by atoms with Gasteiger partial charge in [0.15, 0.2) is 0 Å². The second-order valence-electron chi connectivity index (χ2n) is 6.43. The SMILES string of the molecule is O=C(CN1CCCC1=O)NNC(=O)c1ccccc1OCCOc1ccccc1. The average Bonchev–Trinajstić information content (AvgIpc) is 3.15. The number of carbonyl (C=O) groups excluding carboxylic acids is 3. The molecule has 1 fully saturated rings. The Morgan fingerprint density at radius 1 is 0.931 bits per heavy atom. The van der Waals surface area contributed by atoms with Crippen molar-refractivity contribution in [2.24, 2.45) is 0 Å². The Labute approximate surface area is 168 Å². The summed E-state index contributed by atoms with van der Waals surface area (Å²) in [7, 11) is 0. The monoisotopic (exact) mass is 397 g/mol. The van der Waals surface area contributed by atoms with Gasteiger partial charge >= 0.3 is 0 Å². The highest BCUT2D eigenvalue weighted by Crippen LogP contribution is 2.18. The fraction of sp³-hybridized carbons (Fsp3) is 0.286. The van der Waals surface area contributed by atoms with Crippen LogP contribution in [-0.4, -0.2) is 48.9 Å². The predicted octanol–water partition coefficient (Wildman–Crippen LogP) is 1.53. The number of likely N-dealkylation sites (tertiary alicyclic amines) is 1. The van der Waals surface area contributed by atoms with Crippen molar-refractivity contribution in [2.75, 3.05) is 26.3 Å². The van der Waals surface area contributed by atoms with Crippen LogP contribution in [0.15, 0.2) is 54.6 Å². The molecule has 0 aromatic heterocycles. The summed E-state index contributed by atoms with van der Waals surface area (Å²) >= 11 is 0. The van der Waals surface area contributed by atoms with Crippen molar-refractivity contribution in [3.63, 3.8) is 0 Å². The van der Waals surface area contributed by atoms with Crippen LogP contribution in [0.25, 0.3) is 0 Å². The van der Waals surface area contributed by atoms with Gasteiger partial charge in [0.2, 0.25) is 5.91 Å². The molecule has 8 heteroatoms. The maximum absolute atomic E-state index is 12.4. The Morgan fingerprint density at radius 3 is 2.41 bits per heavy atom. The van der Waals surface area contributed by atoms with E-state index in [-0.39, 0.29) is 24.6 Å². The number of benzene rings is 2. The topological polar surface area (TPSA) is 97.0 Å². The minimum Gasteiger partial charge on any atom is -0.490 e. The number of rotatable bonds is 8. The minimum absolute atomic E-state index is 0.0528. The maximum atomic E-state index is 12.4. The number of ether oxygens (including phenoxy) is 2. The Hall–Kier alpha value is -3.55. The van der Waals surface area contributed by atoms with E-state index in [2.05, 4.69) is 10.9 Å². The van der Waals surface area contributed by atoms with Crippen molar-refractivity contribution in [2.45, 2.75) is 12.8 Å². The minimum atomic E-state index is -0.509. The summed E-state index contributed by atoms with van der Waals surface area (Å²) in [6, 6.07) is 16.1. The highest BCUT2D eigenvalue weighted by molar-refractivity contribution is 5.98. The molecule has 1 aliphatic rings. The predicted molar refractivity (Wildman–Crippen MR) is 105 cm³/mol. The van der Waals surface area contributed by atoms with Gasteiger partial charge in [0.05, 0.1) is 5.56 Å². The first kappa shape index (κ1) is 20.2. The number of hydrogen-bond donors (Lipinski definition) is 2. The molecule has 1 heterocycles. The van der Waals surface area contributed by atoms with Crippen LogP contribution in [0.2, 0.25) is 0 Å². The summed E-state index contributed by atoms with van der Waals surface area (Å²) < 4.78 is 11.2. The lowest BCUT2D eigenvalue weighted by atomic mass is 10.2. The third kappa shape index (κ3) is 5.97. The highest BCUT2D eigenvalue weighted by Gasteiger charge is 2.22. The second-order valence-corrected chi connectivity index (χ2v) is 6.43. The molecule has 2 aromatic rings. The molecular formula is C21H23N3O5. The molecule has 8 nitrogen and oxygen atoms in total. The molecule has 0 bridgehead atoms. The van der Waals surface area contributed by atoms with E-state index in [4.69, 9.17) is 9.47 Å². The molecule has 0 spiro atoms. The van der Waals surface area contributed by atoms with Crippen LogP contribution in [0.4, 0.5) is 0 Å². The van der Waals surface area contributed by atoms with Crippen molar-refractivity contribution in [1.29, 1.82) is 0 Å². The Morgan fingerprint density at radius 2 is 1.66 bits per heavy atom. The Bertz CT molecular complexity index is 856. The normalized spacial score (nSPS) is 13.1. The molecule has 3 amide bonds. The van der Waals surface area contributed by atoms with Crippen LogP contribution in [-0.2, 0) is 9.59 Å². The van der Waals surface area contributed by atoms with E-state index in [1.807, 2.05) is 30.3 Å². The van der Waals surface area contributed by atoms with E-state index in [1.165, 1.54) is 4.90 Å². The largest absolute Gasteiger partial charge is 0.490 e. The van der Waals surface area contributed by atoms with Gasteiger partial charge in [-0.3, -0.25) is 25.2 Å². The molecule has 0 saturated carbocycles. The van der Waals surface area contributed by atoms with Gasteiger partial charge in [-0.2, -0.15) is 0 Å². The van der Waals surface area contributed by atoms with Gasteiger partial charge in [0.1, 0.15) is 31.3 Å². The average molecular weight is 397 g/mol. The third-order valence-electron chi connectivity index (χ3n) is 4.31. The van der Waals surface area contributed by atoms with Crippen LogP contribution in [0.5, 0.6) is 11.5 Å². The number of carbonyl (C=O) groups is 3. The highest BCUT2D eigenvalue weighted by atomic mass is 16.5. The number of amides is 3. The zero-order chi connectivity index (χ0) is 20.5. The Kier molecular flexibility index (Phi) is 7.05. The van der Waals surface area contributed by atoms with Crippen molar-refractivity contribution < 1.29 is 23.9 Å². The third-order valence-corrected chi connectivity index (χ3v) is 4.31. The second kappa shape index (κ2) is 10.1. The quantitative estimate of drug-likeness (QED) is 0.520. The van der Waals surface area contributed by atoms with Gasteiger partial charge in [0.25, 0.3) is 11.8 Å². The molecule has 2 N–H and O–H groups in total. The lowest BCUT2D eigenvalue weighted by molar-refractivity contribution is -0.133. The van der Waals surface area contributed by atoms with Gasteiger partial charge in [-0.05, 0) is 30.7 Å². The fourth-order valence-electron chi connectivity index (χ4n) is 2.89. The van der Waals surface area contributed by atoms with Crippen LogP contribution in [0, 0.1) is 0 Å². The molecule has 0 atom stereocenters. The first-order valence-electron chi connectivity index (χ1n) is 9.40. The van der Waals surface area contributed by atoms with Crippen LogP contribution < -0.4 is 20.3 Å². The fourth-order valence-corrected chi connectivity index (χ4v) is 2.89. The zero-order valence-electron chi connectivity index (χ0n) is 15.9. The van der Waals surface area contributed by atoms with Gasteiger partial charge in [0, 0.05) is 13.0 Å². The molecule has 0 aliphatic carbocycles. The lowest BCUT2D eigenvalue weighted by Crippen LogP contribution is -2.46. The summed E-state index contributed by atoms with van der Waals surface area (Å²) in [6.45, 7) is 1.05. The summed E-state index contributed by atoms with van der Waals surface area (Å²) in [5.41, 5.74) is 4.97. The molecular weight excluding hydrogens is 374 g/mol. The molecule has 152 valence electrons. The van der Waals surface area contributed by atoms with E-state index in [1.54, 1.807) is 24.3 Å². The van der Waals surface area contributed by atoms with Crippen LogP contribution in [0.3, 0.4) is 0 Å². The van der Waals surface area contributed by atoms with Crippen LogP contribution in [0.1, 0.15) is 23.2 Å². The summed E-state index contributed by atoms with van der Waals surface area (Å²) in [5, 5.41) is 0.